The molecular formula is C15H17NO7. The number of Topliss-reactive ketones (excluding diaryl/α,β-unsaturated/α-hetero) is 1. The standard InChI is InChI=1S/C15H17NO7/c1-14(2,3)22-13(18)15(23-16(19)20)8-9-6-5-7-10(21-4)11(9)12(15)17/h5-7H,8H2,1-4H3/t15-/m1/s1. The Kier molecular flexibility index (Phi) is 4.02. The number of benzene rings is 1. The Morgan fingerprint density at radius 1 is 1.35 bits per heavy atom. The number of esters is 1. The molecule has 0 spiro atoms. The van der Waals surface area contributed by atoms with Crippen molar-refractivity contribution in [1.82, 2.24) is 0 Å². The number of fused-ring (bicyclic) bond motifs is 1. The van der Waals surface area contributed by atoms with Gasteiger partial charge in [0.2, 0.25) is 5.78 Å². The molecule has 1 atom stereocenters. The van der Waals surface area contributed by atoms with Crippen molar-refractivity contribution in [2.75, 3.05) is 7.11 Å². The van der Waals surface area contributed by atoms with E-state index in [1.807, 2.05) is 0 Å². The Morgan fingerprint density at radius 3 is 2.52 bits per heavy atom. The second-order valence-electron chi connectivity index (χ2n) is 6.14. The first-order chi connectivity index (χ1) is 10.6. The lowest BCUT2D eigenvalue weighted by Crippen LogP contribution is -2.51. The van der Waals surface area contributed by atoms with Gasteiger partial charge in [-0.05, 0) is 32.4 Å². The van der Waals surface area contributed by atoms with Gasteiger partial charge in [-0.2, -0.15) is 0 Å². The molecule has 1 aliphatic rings. The summed E-state index contributed by atoms with van der Waals surface area (Å²) in [5, 5.41) is 9.72. The Bertz CT molecular complexity index is 677. The first-order valence-corrected chi connectivity index (χ1v) is 6.88. The fourth-order valence-electron chi connectivity index (χ4n) is 2.47. The second-order valence-corrected chi connectivity index (χ2v) is 6.14. The lowest BCUT2D eigenvalue weighted by Gasteiger charge is -2.28. The van der Waals surface area contributed by atoms with Gasteiger partial charge in [0.05, 0.1) is 12.7 Å². The first-order valence-electron chi connectivity index (χ1n) is 6.88. The molecule has 0 fully saturated rings. The van der Waals surface area contributed by atoms with E-state index in [1.54, 1.807) is 32.9 Å². The van der Waals surface area contributed by atoms with Crippen LogP contribution in [-0.2, 0) is 20.8 Å². The minimum absolute atomic E-state index is 0.0997. The normalized spacial score (nSPS) is 19.9. The van der Waals surface area contributed by atoms with E-state index in [-0.39, 0.29) is 17.7 Å². The van der Waals surface area contributed by atoms with Crippen LogP contribution < -0.4 is 4.74 Å². The third kappa shape index (κ3) is 2.96. The van der Waals surface area contributed by atoms with Crippen LogP contribution >= 0.6 is 0 Å². The topological polar surface area (TPSA) is 105 Å². The van der Waals surface area contributed by atoms with Gasteiger partial charge in [-0.1, -0.05) is 12.1 Å². The van der Waals surface area contributed by atoms with E-state index in [1.165, 1.54) is 13.2 Å². The molecule has 0 heterocycles. The van der Waals surface area contributed by atoms with Gasteiger partial charge in [0, 0.05) is 6.42 Å². The van der Waals surface area contributed by atoms with E-state index in [0.717, 1.165) is 0 Å². The third-order valence-corrected chi connectivity index (χ3v) is 3.32. The van der Waals surface area contributed by atoms with E-state index in [0.29, 0.717) is 5.56 Å². The van der Waals surface area contributed by atoms with Crippen molar-refractivity contribution in [1.29, 1.82) is 0 Å². The van der Waals surface area contributed by atoms with Crippen LogP contribution in [-0.4, -0.2) is 35.2 Å². The van der Waals surface area contributed by atoms with Crippen molar-refractivity contribution >= 4 is 11.8 Å². The highest BCUT2D eigenvalue weighted by molar-refractivity contribution is 6.20. The van der Waals surface area contributed by atoms with Gasteiger partial charge >= 0.3 is 5.97 Å². The minimum atomic E-state index is -2.34. The number of hydrogen-bond donors (Lipinski definition) is 0. The molecule has 0 radical (unpaired) electrons. The number of ketones is 1. The Balaban J connectivity index is 2.52. The zero-order chi connectivity index (χ0) is 17.4. The number of ether oxygens (including phenoxy) is 2. The van der Waals surface area contributed by atoms with E-state index in [9.17, 15) is 19.7 Å². The van der Waals surface area contributed by atoms with Gasteiger partial charge in [-0.15, -0.1) is 10.1 Å². The summed E-state index contributed by atoms with van der Waals surface area (Å²) in [7, 11) is 1.37. The van der Waals surface area contributed by atoms with Crippen LogP contribution in [0.1, 0.15) is 36.7 Å². The number of rotatable bonds is 4. The maximum atomic E-state index is 12.8. The number of carbonyl (C=O) groups is 2. The molecule has 0 aliphatic heterocycles. The summed E-state index contributed by atoms with van der Waals surface area (Å²) in [6.45, 7) is 4.79. The fourth-order valence-corrected chi connectivity index (χ4v) is 2.47. The number of methoxy groups -OCH3 is 1. The summed E-state index contributed by atoms with van der Waals surface area (Å²) in [5.41, 5.74) is -2.73. The van der Waals surface area contributed by atoms with Gasteiger partial charge in [0.25, 0.3) is 10.7 Å². The molecule has 0 saturated heterocycles. The molecule has 8 nitrogen and oxygen atoms in total. The summed E-state index contributed by atoms with van der Waals surface area (Å²) in [6.07, 6.45) is -0.283. The van der Waals surface area contributed by atoms with Gasteiger partial charge in [0.15, 0.2) is 0 Å². The zero-order valence-corrected chi connectivity index (χ0v) is 13.2. The van der Waals surface area contributed by atoms with Gasteiger partial charge < -0.3 is 9.47 Å². The van der Waals surface area contributed by atoms with E-state index in [2.05, 4.69) is 4.84 Å². The van der Waals surface area contributed by atoms with Crippen LogP contribution in [0, 0.1) is 10.1 Å². The van der Waals surface area contributed by atoms with Gasteiger partial charge in [-0.25, -0.2) is 4.79 Å². The Labute approximate surface area is 132 Å². The van der Waals surface area contributed by atoms with E-state index in [4.69, 9.17) is 9.47 Å². The molecule has 2 rings (SSSR count). The predicted octanol–water partition coefficient (Wildman–Crippen LogP) is 1.72. The third-order valence-electron chi connectivity index (χ3n) is 3.32. The van der Waals surface area contributed by atoms with Crippen LogP contribution in [0.15, 0.2) is 18.2 Å². The molecule has 124 valence electrons. The zero-order valence-electron chi connectivity index (χ0n) is 13.2. The van der Waals surface area contributed by atoms with Crippen molar-refractivity contribution in [2.45, 2.75) is 38.4 Å². The Hall–Kier alpha value is -2.64. The quantitative estimate of drug-likeness (QED) is 0.359. The molecule has 0 amide bonds. The lowest BCUT2D eigenvalue weighted by molar-refractivity contribution is -0.771. The summed E-state index contributed by atoms with van der Waals surface area (Å²) in [5.74, 6) is -1.70. The number of nitrogens with zero attached hydrogens (tertiary/aromatic N) is 1. The van der Waals surface area contributed by atoms with Gasteiger partial charge in [-0.3, -0.25) is 9.63 Å². The molecule has 23 heavy (non-hydrogen) atoms. The van der Waals surface area contributed by atoms with Crippen LogP contribution in [0.2, 0.25) is 0 Å². The van der Waals surface area contributed by atoms with E-state index >= 15 is 0 Å². The molecule has 0 N–H and O–H groups in total. The molecule has 0 aromatic heterocycles. The molecule has 8 heteroatoms. The van der Waals surface area contributed by atoms with Crippen LogP contribution in [0.5, 0.6) is 5.75 Å². The second kappa shape index (κ2) is 5.53. The highest BCUT2D eigenvalue weighted by Crippen LogP contribution is 2.39. The average molecular weight is 323 g/mol. The minimum Gasteiger partial charge on any atom is -0.496 e. The molecule has 1 aromatic carbocycles. The van der Waals surface area contributed by atoms with Crippen molar-refractivity contribution in [3.8, 4) is 5.75 Å². The largest absolute Gasteiger partial charge is 0.496 e. The van der Waals surface area contributed by atoms with Crippen LogP contribution in [0.3, 0.4) is 0 Å². The summed E-state index contributed by atoms with van der Waals surface area (Å²) in [6, 6.07) is 4.75. The summed E-state index contributed by atoms with van der Waals surface area (Å²) < 4.78 is 10.3. The van der Waals surface area contributed by atoms with Crippen LogP contribution in [0.4, 0.5) is 0 Å². The predicted molar refractivity (Wildman–Crippen MR) is 77.7 cm³/mol. The molecule has 0 unspecified atom stereocenters. The van der Waals surface area contributed by atoms with Crippen molar-refractivity contribution in [2.24, 2.45) is 0 Å². The summed E-state index contributed by atoms with van der Waals surface area (Å²) in [4.78, 5) is 40.7. The molecular weight excluding hydrogens is 306 g/mol. The average Bonchev–Trinajstić information content (AvgIpc) is 2.70. The SMILES string of the molecule is COc1cccc2c1C(=O)[C@@](O[N+](=O)[O-])(C(=O)OC(C)(C)C)C2. The van der Waals surface area contributed by atoms with Gasteiger partial charge in [0.1, 0.15) is 11.4 Å². The monoisotopic (exact) mass is 323 g/mol. The highest BCUT2D eigenvalue weighted by Gasteiger charge is 2.58. The molecule has 0 saturated carbocycles. The van der Waals surface area contributed by atoms with Crippen molar-refractivity contribution in [3.63, 3.8) is 0 Å². The molecule has 1 aliphatic carbocycles. The maximum Gasteiger partial charge on any atom is 0.347 e. The Morgan fingerprint density at radius 2 is 2.00 bits per heavy atom. The van der Waals surface area contributed by atoms with Crippen molar-refractivity contribution in [3.05, 3.63) is 39.4 Å². The van der Waals surface area contributed by atoms with Crippen LogP contribution in [0.25, 0.3) is 0 Å². The first kappa shape index (κ1) is 16.7. The fraction of sp³-hybridized carbons (Fsp3) is 0.467. The molecule has 1 aromatic rings. The summed E-state index contributed by atoms with van der Waals surface area (Å²) >= 11 is 0. The lowest BCUT2D eigenvalue weighted by atomic mass is 9.98. The molecule has 0 bridgehead atoms. The smallest absolute Gasteiger partial charge is 0.347 e. The number of hydrogen-bond acceptors (Lipinski definition) is 7. The van der Waals surface area contributed by atoms with E-state index < -0.39 is 28.0 Å². The highest BCUT2D eigenvalue weighted by atomic mass is 17.0. The van der Waals surface area contributed by atoms with Crippen molar-refractivity contribution < 1.29 is 29.0 Å². The maximum absolute atomic E-state index is 12.8. The number of carbonyl (C=O) groups excluding carboxylic acids is 2.